The number of hydrogen-bond donors (Lipinski definition) is 1. The van der Waals surface area contributed by atoms with Crippen LogP contribution in [0, 0.1) is 22.0 Å². The zero-order valence-corrected chi connectivity index (χ0v) is 10.7. The zero-order chi connectivity index (χ0) is 13.4. The first kappa shape index (κ1) is 12.3. The fourth-order valence-electron chi connectivity index (χ4n) is 3.45. The molecule has 2 fully saturated rings. The molecule has 2 N–H and O–H groups in total. The number of anilines is 1. The molecule has 0 bridgehead atoms. The van der Waals surface area contributed by atoms with Crippen molar-refractivity contribution in [2.75, 3.05) is 18.0 Å². The molecule has 1 aromatic rings. The minimum absolute atomic E-state index is 0.102. The van der Waals surface area contributed by atoms with Crippen molar-refractivity contribution in [3.05, 3.63) is 28.6 Å². The monoisotopic (exact) mass is 262 g/mol. The number of aromatic nitrogens is 1. The molecule has 3 rings (SSSR count). The summed E-state index contributed by atoms with van der Waals surface area (Å²) in [7, 11) is 0. The van der Waals surface area contributed by atoms with Crippen molar-refractivity contribution in [1.82, 2.24) is 4.98 Å². The van der Waals surface area contributed by atoms with Gasteiger partial charge in [-0.05, 0) is 37.2 Å². The van der Waals surface area contributed by atoms with Crippen molar-refractivity contribution < 1.29 is 4.92 Å². The number of hydrogen-bond acceptors (Lipinski definition) is 5. The Labute approximate surface area is 111 Å². The zero-order valence-electron chi connectivity index (χ0n) is 10.7. The van der Waals surface area contributed by atoms with E-state index in [1.807, 2.05) is 0 Å². The fraction of sp³-hybridized carbons (Fsp3) is 0.615. The SMILES string of the molecule is NC1CC[C@@H]2CN(c3ccncc3[N+](=O)[O-])C[C@@H]2C1. The predicted molar refractivity (Wildman–Crippen MR) is 71.9 cm³/mol. The first-order valence-electron chi connectivity index (χ1n) is 6.74. The highest BCUT2D eigenvalue weighted by atomic mass is 16.6. The fourth-order valence-corrected chi connectivity index (χ4v) is 3.45. The van der Waals surface area contributed by atoms with E-state index in [9.17, 15) is 10.1 Å². The molecule has 0 radical (unpaired) electrons. The molecule has 0 amide bonds. The van der Waals surface area contributed by atoms with Crippen molar-refractivity contribution >= 4 is 11.4 Å². The molecule has 6 heteroatoms. The van der Waals surface area contributed by atoms with Gasteiger partial charge in [-0.25, -0.2) is 0 Å². The number of nitrogens with two attached hydrogens (primary N) is 1. The van der Waals surface area contributed by atoms with Crippen molar-refractivity contribution in [2.24, 2.45) is 17.6 Å². The van der Waals surface area contributed by atoms with Gasteiger partial charge < -0.3 is 10.6 Å². The lowest BCUT2D eigenvalue weighted by Crippen LogP contribution is -2.32. The molecule has 3 atom stereocenters. The summed E-state index contributed by atoms with van der Waals surface area (Å²) in [4.78, 5) is 16.7. The van der Waals surface area contributed by atoms with E-state index in [0.717, 1.165) is 32.4 Å². The minimum Gasteiger partial charge on any atom is -0.365 e. The summed E-state index contributed by atoms with van der Waals surface area (Å²) in [6, 6.07) is 2.05. The van der Waals surface area contributed by atoms with Gasteiger partial charge >= 0.3 is 5.69 Å². The first-order chi connectivity index (χ1) is 9.15. The summed E-state index contributed by atoms with van der Waals surface area (Å²) in [6.45, 7) is 1.78. The van der Waals surface area contributed by atoms with Crippen LogP contribution < -0.4 is 10.6 Å². The number of nitro groups is 1. The van der Waals surface area contributed by atoms with Gasteiger partial charge in [-0.15, -0.1) is 0 Å². The summed E-state index contributed by atoms with van der Waals surface area (Å²) in [5.74, 6) is 1.21. The minimum atomic E-state index is -0.351. The van der Waals surface area contributed by atoms with E-state index >= 15 is 0 Å². The van der Waals surface area contributed by atoms with Crippen molar-refractivity contribution in [3.8, 4) is 0 Å². The van der Waals surface area contributed by atoms with E-state index in [2.05, 4.69) is 9.88 Å². The van der Waals surface area contributed by atoms with Gasteiger partial charge in [-0.2, -0.15) is 0 Å². The van der Waals surface area contributed by atoms with Crippen LogP contribution >= 0.6 is 0 Å². The summed E-state index contributed by atoms with van der Waals surface area (Å²) in [6.07, 6.45) is 6.22. The third-order valence-corrected chi connectivity index (χ3v) is 4.41. The van der Waals surface area contributed by atoms with E-state index < -0.39 is 0 Å². The number of fused-ring (bicyclic) bond motifs is 1. The first-order valence-corrected chi connectivity index (χ1v) is 6.74. The van der Waals surface area contributed by atoms with Crippen LogP contribution in [-0.2, 0) is 0 Å². The average Bonchev–Trinajstić information content (AvgIpc) is 2.81. The van der Waals surface area contributed by atoms with Crippen LogP contribution in [0.4, 0.5) is 11.4 Å². The maximum Gasteiger partial charge on any atom is 0.310 e. The summed E-state index contributed by atoms with van der Waals surface area (Å²) >= 11 is 0. The second-order valence-corrected chi connectivity index (χ2v) is 5.62. The molecule has 0 aromatic carbocycles. The number of nitrogens with zero attached hydrogens (tertiary/aromatic N) is 3. The van der Waals surface area contributed by atoms with E-state index in [-0.39, 0.29) is 10.6 Å². The molecule has 102 valence electrons. The maximum atomic E-state index is 11.1. The van der Waals surface area contributed by atoms with Crippen LogP contribution in [0.25, 0.3) is 0 Å². The van der Waals surface area contributed by atoms with E-state index in [0.29, 0.717) is 23.6 Å². The second kappa shape index (κ2) is 4.77. The summed E-state index contributed by atoms with van der Waals surface area (Å²) < 4.78 is 0. The van der Waals surface area contributed by atoms with Crippen LogP contribution in [0.3, 0.4) is 0 Å². The van der Waals surface area contributed by atoms with Gasteiger partial charge in [0.05, 0.1) is 4.92 Å². The molecular formula is C13H18N4O2. The van der Waals surface area contributed by atoms with Crippen LogP contribution in [0.2, 0.25) is 0 Å². The third-order valence-electron chi connectivity index (χ3n) is 4.41. The van der Waals surface area contributed by atoms with Crippen LogP contribution in [0.5, 0.6) is 0 Å². The highest BCUT2D eigenvalue weighted by Crippen LogP contribution is 2.39. The largest absolute Gasteiger partial charge is 0.365 e. The van der Waals surface area contributed by atoms with Gasteiger partial charge in [0.25, 0.3) is 0 Å². The Morgan fingerprint density at radius 1 is 1.37 bits per heavy atom. The standard InChI is InChI=1S/C13H18N4O2/c14-11-2-1-9-7-16(8-10(9)5-11)12-3-4-15-6-13(12)17(18)19/h3-4,6,9-11H,1-2,5,7-8,14H2/t9-,10+,11?/m1/s1. The Bertz CT molecular complexity index is 493. The Kier molecular flexibility index (Phi) is 3.10. The van der Waals surface area contributed by atoms with Gasteiger partial charge in [0.2, 0.25) is 0 Å². The highest BCUT2D eigenvalue weighted by Gasteiger charge is 2.38. The number of rotatable bonds is 2. The molecule has 1 saturated heterocycles. The highest BCUT2D eigenvalue weighted by molar-refractivity contribution is 5.62. The van der Waals surface area contributed by atoms with Gasteiger partial charge in [0.15, 0.2) is 0 Å². The third kappa shape index (κ3) is 2.28. The predicted octanol–water partition coefficient (Wildman–Crippen LogP) is 1.55. The van der Waals surface area contributed by atoms with Gasteiger partial charge in [-0.3, -0.25) is 15.1 Å². The Hall–Kier alpha value is -1.69. The molecule has 2 heterocycles. The molecule has 1 aliphatic carbocycles. The molecule has 1 saturated carbocycles. The van der Waals surface area contributed by atoms with E-state index in [1.165, 1.54) is 6.20 Å². The lowest BCUT2D eigenvalue weighted by atomic mass is 9.79. The number of pyridine rings is 1. The topological polar surface area (TPSA) is 85.3 Å². The summed E-state index contributed by atoms with van der Waals surface area (Å²) in [5, 5.41) is 11.1. The maximum absolute atomic E-state index is 11.1. The van der Waals surface area contributed by atoms with Crippen LogP contribution in [0.1, 0.15) is 19.3 Å². The Balaban J connectivity index is 1.83. The van der Waals surface area contributed by atoms with E-state index in [4.69, 9.17) is 5.73 Å². The smallest absolute Gasteiger partial charge is 0.310 e. The lowest BCUT2D eigenvalue weighted by molar-refractivity contribution is -0.384. The van der Waals surface area contributed by atoms with Crippen molar-refractivity contribution in [2.45, 2.75) is 25.3 Å². The molecule has 2 aliphatic rings. The Morgan fingerprint density at radius 2 is 2.16 bits per heavy atom. The van der Waals surface area contributed by atoms with Crippen LogP contribution in [-0.4, -0.2) is 29.0 Å². The van der Waals surface area contributed by atoms with Crippen molar-refractivity contribution in [3.63, 3.8) is 0 Å². The molecule has 6 nitrogen and oxygen atoms in total. The van der Waals surface area contributed by atoms with Gasteiger partial charge in [-0.1, -0.05) is 0 Å². The normalized spacial score (nSPS) is 30.2. The average molecular weight is 262 g/mol. The molecule has 1 unspecified atom stereocenters. The summed E-state index contributed by atoms with van der Waals surface area (Å²) in [5.41, 5.74) is 6.82. The molecule has 0 spiro atoms. The molecule has 1 aromatic heterocycles. The molecular weight excluding hydrogens is 244 g/mol. The van der Waals surface area contributed by atoms with Gasteiger partial charge in [0.1, 0.15) is 11.9 Å². The second-order valence-electron chi connectivity index (χ2n) is 5.62. The molecule has 19 heavy (non-hydrogen) atoms. The molecule has 1 aliphatic heterocycles. The van der Waals surface area contributed by atoms with E-state index in [1.54, 1.807) is 12.3 Å². The Morgan fingerprint density at radius 3 is 2.95 bits per heavy atom. The van der Waals surface area contributed by atoms with Crippen LogP contribution in [0.15, 0.2) is 18.5 Å². The van der Waals surface area contributed by atoms with Crippen molar-refractivity contribution in [1.29, 1.82) is 0 Å². The quantitative estimate of drug-likeness (QED) is 0.645. The lowest BCUT2D eigenvalue weighted by Gasteiger charge is -2.27. The van der Waals surface area contributed by atoms with Gasteiger partial charge in [0, 0.05) is 25.3 Å².